The number of carboxylic acid groups (broad SMARTS) is 1. The van der Waals surface area contributed by atoms with Crippen molar-refractivity contribution in [1.29, 1.82) is 0 Å². The topological polar surface area (TPSA) is 110 Å². The molecule has 1 N–H and O–H groups in total. The van der Waals surface area contributed by atoms with Crippen molar-refractivity contribution in [3.8, 4) is 46.0 Å². The number of nitrogens with zero attached hydrogens (tertiary/aromatic N) is 2. The maximum atomic E-state index is 11.9. The lowest BCUT2D eigenvalue weighted by molar-refractivity contribution is -0.941. The molecule has 4 aliphatic heterocycles. The number of carbonyl (C=O) groups excluding carboxylic acids is 1. The standard InChI is InChI=1S/C40H44N2O8.2BrH/c1-41-15-12-26-21-33(47-4)35-23-29(26)30(41)18-24-6-9-28(10-7-24)49-34-20-25(8-11-32(34)46-3)19-31-38-27(13-16-42(31,2)17-14-37(43)44)22-36(48-5)39(45)40(38)50-35;;/h6-11,20-23,30-31H,12-19H2,1-5H3,(H-,43,44,45);2*1H. The van der Waals surface area contributed by atoms with Gasteiger partial charge in [-0.25, -0.2) is 0 Å². The Bertz CT molecular complexity index is 1940. The predicted octanol–water partition coefficient (Wildman–Crippen LogP) is 6.67. The predicted molar refractivity (Wildman–Crippen MR) is 206 cm³/mol. The summed E-state index contributed by atoms with van der Waals surface area (Å²) in [6.45, 7) is 1.90. The van der Waals surface area contributed by atoms with Crippen molar-refractivity contribution in [1.82, 2.24) is 4.90 Å². The van der Waals surface area contributed by atoms with Crippen molar-refractivity contribution >= 4 is 39.9 Å². The van der Waals surface area contributed by atoms with Gasteiger partial charge < -0.3 is 43.2 Å². The van der Waals surface area contributed by atoms with Gasteiger partial charge in [-0.3, -0.25) is 4.90 Å². The number of aliphatic carboxylic acids is 1. The number of likely N-dealkylation sites (N-methyl/N-ethyl adjacent to an activating group) is 2. The average Bonchev–Trinajstić information content (AvgIpc) is 3.11. The summed E-state index contributed by atoms with van der Waals surface area (Å²) < 4.78 is 31.0. The fraction of sp³-hybridized carbons (Fsp3) is 0.375. The van der Waals surface area contributed by atoms with E-state index in [0.717, 1.165) is 47.2 Å². The second-order valence-electron chi connectivity index (χ2n) is 13.8. The molecule has 0 aliphatic carbocycles. The third-order valence-corrected chi connectivity index (χ3v) is 10.9. The molecule has 0 fully saturated rings. The van der Waals surface area contributed by atoms with Gasteiger partial charge in [-0.15, -0.1) is 34.0 Å². The van der Waals surface area contributed by atoms with Crippen LogP contribution in [0.1, 0.15) is 51.9 Å². The third kappa shape index (κ3) is 7.44. The number of aromatic hydroxyl groups is 1. The molecular formula is C40H46Br2N2O8. The van der Waals surface area contributed by atoms with Crippen molar-refractivity contribution in [3.05, 3.63) is 94.0 Å². The fourth-order valence-corrected chi connectivity index (χ4v) is 7.95. The van der Waals surface area contributed by atoms with E-state index in [4.69, 9.17) is 23.7 Å². The van der Waals surface area contributed by atoms with E-state index in [2.05, 4.69) is 43.3 Å². The van der Waals surface area contributed by atoms with Crippen molar-refractivity contribution < 1.29 is 43.2 Å². The highest BCUT2D eigenvalue weighted by molar-refractivity contribution is 8.93. The molecule has 0 amide bonds. The molecule has 4 aromatic rings. The highest BCUT2D eigenvalue weighted by Gasteiger charge is 2.43. The average molecular weight is 843 g/mol. The van der Waals surface area contributed by atoms with Crippen LogP contribution in [0.15, 0.2) is 60.7 Å². The van der Waals surface area contributed by atoms with Gasteiger partial charge in [-0.1, -0.05) is 18.2 Å². The van der Waals surface area contributed by atoms with Gasteiger partial charge in [0.2, 0.25) is 5.75 Å². The molecule has 4 aromatic carbocycles. The van der Waals surface area contributed by atoms with E-state index in [1.54, 1.807) is 14.2 Å². The summed E-state index contributed by atoms with van der Waals surface area (Å²) in [4.78, 5) is 14.2. The molecule has 0 saturated carbocycles. The zero-order valence-corrected chi connectivity index (χ0v) is 33.5. The molecule has 3 atom stereocenters. The maximum absolute atomic E-state index is 11.9. The second-order valence-corrected chi connectivity index (χ2v) is 13.8. The Balaban J connectivity index is 0.00000261. The Labute approximate surface area is 325 Å². The van der Waals surface area contributed by atoms with E-state index in [1.165, 1.54) is 12.7 Å². The van der Waals surface area contributed by atoms with E-state index in [0.29, 0.717) is 64.9 Å². The van der Waals surface area contributed by atoms with Gasteiger partial charge >= 0.3 is 0 Å². The number of rotatable bonds is 6. The van der Waals surface area contributed by atoms with Crippen LogP contribution >= 0.6 is 34.0 Å². The number of carbonyl (C=O) groups is 1. The highest BCUT2D eigenvalue weighted by Crippen LogP contribution is 2.53. The summed E-state index contributed by atoms with van der Waals surface area (Å²) >= 11 is 0. The summed E-state index contributed by atoms with van der Waals surface area (Å²) in [5, 5.41) is 23.7. The van der Waals surface area contributed by atoms with Gasteiger partial charge in [0.1, 0.15) is 11.8 Å². The normalized spacial score (nSPS) is 20.3. The number of benzene rings is 4. The molecule has 3 unspecified atom stereocenters. The number of phenols is 1. The van der Waals surface area contributed by atoms with E-state index < -0.39 is 5.97 Å². The van der Waals surface area contributed by atoms with Gasteiger partial charge in [0, 0.05) is 37.8 Å². The molecule has 4 heterocycles. The van der Waals surface area contributed by atoms with Crippen LogP contribution in [0.25, 0.3) is 0 Å². The molecule has 10 nitrogen and oxygen atoms in total. The van der Waals surface area contributed by atoms with Gasteiger partial charge in [-0.05, 0) is 90.2 Å². The van der Waals surface area contributed by atoms with Crippen LogP contribution in [-0.4, -0.2) is 75.5 Å². The van der Waals surface area contributed by atoms with Crippen LogP contribution in [-0.2, 0) is 30.5 Å². The first kappa shape index (κ1) is 39.2. The summed E-state index contributed by atoms with van der Waals surface area (Å²) in [6.07, 6.45) is 2.64. The van der Waals surface area contributed by atoms with Crippen LogP contribution < -0.4 is 28.8 Å². The third-order valence-electron chi connectivity index (χ3n) is 10.9. The monoisotopic (exact) mass is 840 g/mol. The number of methoxy groups -OCH3 is 3. The van der Waals surface area contributed by atoms with Gasteiger partial charge in [0.15, 0.2) is 34.5 Å². The number of hydrogen-bond acceptors (Lipinski definition) is 9. The molecular weight excluding hydrogens is 796 g/mol. The second kappa shape index (κ2) is 16.0. The zero-order chi connectivity index (χ0) is 35.2. The van der Waals surface area contributed by atoms with E-state index in [9.17, 15) is 15.0 Å². The molecule has 0 radical (unpaired) electrons. The van der Waals surface area contributed by atoms with Gasteiger partial charge in [0.05, 0.1) is 47.0 Å². The summed E-state index contributed by atoms with van der Waals surface area (Å²) in [5.74, 6) is 2.29. The number of halogens is 2. The Morgan fingerprint density at radius 3 is 2.23 bits per heavy atom. The van der Waals surface area contributed by atoms with Gasteiger partial charge in [0.25, 0.3) is 0 Å². The minimum atomic E-state index is -1.10. The Hall–Kier alpha value is -3.97. The number of phenolic OH excluding ortho intramolecular Hbond substituents is 1. The van der Waals surface area contributed by atoms with Crippen molar-refractivity contribution in [2.45, 2.75) is 44.2 Å². The lowest BCUT2D eigenvalue weighted by Crippen LogP contribution is -2.53. The smallest absolute Gasteiger partial charge is 0.201 e. The SMILES string of the molecule is Br.Br.COc1ccc2cc1Oc1ccc(cc1)CC1c3cc(c(OC)cc3CCN1C)Oc1c(O)c(OC)cc3c1C(C2)[N+](C)(CCC(=O)[O-])CC3. The van der Waals surface area contributed by atoms with Crippen LogP contribution in [0.2, 0.25) is 0 Å². The number of fused-ring (bicyclic) bond motifs is 2. The number of ether oxygens (including phenoxy) is 5. The summed E-state index contributed by atoms with van der Waals surface area (Å²) in [5.41, 5.74) is 6.22. The first-order chi connectivity index (χ1) is 24.1. The molecule has 6 bridgehead atoms. The number of carboxylic acids is 1. The molecule has 0 aromatic heterocycles. The van der Waals surface area contributed by atoms with E-state index in [1.807, 2.05) is 36.4 Å². The van der Waals surface area contributed by atoms with Gasteiger partial charge in [-0.2, -0.15) is 0 Å². The van der Waals surface area contributed by atoms with Crippen LogP contribution in [0, 0.1) is 0 Å². The molecule has 278 valence electrons. The molecule has 4 aliphatic rings. The Morgan fingerprint density at radius 2 is 1.54 bits per heavy atom. The largest absolute Gasteiger partial charge is 0.550 e. The summed E-state index contributed by atoms with van der Waals surface area (Å²) in [6, 6.07) is 19.8. The molecule has 0 spiro atoms. The maximum Gasteiger partial charge on any atom is 0.201 e. The van der Waals surface area contributed by atoms with E-state index in [-0.39, 0.29) is 64.0 Å². The molecule has 0 saturated heterocycles. The molecule has 52 heavy (non-hydrogen) atoms. The fourth-order valence-electron chi connectivity index (χ4n) is 7.95. The zero-order valence-electron chi connectivity index (χ0n) is 30.1. The molecule has 8 rings (SSSR count). The van der Waals surface area contributed by atoms with Crippen LogP contribution in [0.3, 0.4) is 0 Å². The van der Waals surface area contributed by atoms with Crippen LogP contribution in [0.4, 0.5) is 0 Å². The van der Waals surface area contributed by atoms with Crippen molar-refractivity contribution in [3.63, 3.8) is 0 Å². The van der Waals surface area contributed by atoms with Crippen LogP contribution in [0.5, 0.6) is 46.0 Å². The lowest BCUT2D eigenvalue weighted by atomic mass is 9.85. The minimum Gasteiger partial charge on any atom is -0.550 e. The highest BCUT2D eigenvalue weighted by atomic mass is 79.9. The lowest BCUT2D eigenvalue weighted by Gasteiger charge is -2.46. The minimum absolute atomic E-state index is 0. The number of hydrogen-bond donors (Lipinski definition) is 1. The Kier molecular flexibility index (Phi) is 12.0. The summed E-state index contributed by atoms with van der Waals surface area (Å²) in [7, 11) is 8.98. The van der Waals surface area contributed by atoms with E-state index >= 15 is 0 Å². The quantitative estimate of drug-likeness (QED) is 0.213. The Morgan fingerprint density at radius 1 is 0.865 bits per heavy atom. The van der Waals surface area contributed by atoms with Crippen molar-refractivity contribution in [2.24, 2.45) is 0 Å². The molecule has 12 heteroatoms. The van der Waals surface area contributed by atoms with Crippen molar-refractivity contribution in [2.75, 3.05) is 55.1 Å². The first-order valence-electron chi connectivity index (χ1n) is 17.1. The number of quaternary nitrogens is 1. The first-order valence-corrected chi connectivity index (χ1v) is 17.1.